The molecule has 1 unspecified atom stereocenters. The average Bonchev–Trinajstić information content (AvgIpc) is 3.03. The Hall–Kier alpha value is -0.610. The van der Waals surface area contributed by atoms with Gasteiger partial charge in [-0.3, -0.25) is 4.79 Å². The molecular weight excluding hydrogens is 202 g/mol. The molecule has 0 aromatic rings. The zero-order chi connectivity index (χ0) is 11.5. The van der Waals surface area contributed by atoms with Gasteiger partial charge in [-0.15, -0.1) is 0 Å². The summed E-state index contributed by atoms with van der Waals surface area (Å²) in [7, 11) is 2.11. The molecule has 4 nitrogen and oxygen atoms in total. The van der Waals surface area contributed by atoms with Crippen LogP contribution in [-0.4, -0.2) is 55.0 Å². The van der Waals surface area contributed by atoms with Crippen LogP contribution in [0.5, 0.6) is 0 Å². The first-order valence-corrected chi connectivity index (χ1v) is 6.38. The Kier molecular flexibility index (Phi) is 3.82. The van der Waals surface area contributed by atoms with Gasteiger partial charge in [-0.25, -0.2) is 0 Å². The van der Waals surface area contributed by atoms with Crippen LogP contribution in [0.25, 0.3) is 0 Å². The molecule has 1 saturated heterocycles. The van der Waals surface area contributed by atoms with E-state index in [1.807, 2.05) is 4.90 Å². The van der Waals surface area contributed by atoms with Gasteiger partial charge in [0.05, 0.1) is 0 Å². The van der Waals surface area contributed by atoms with Crippen molar-refractivity contribution in [3.8, 4) is 0 Å². The highest BCUT2D eigenvalue weighted by atomic mass is 16.2. The van der Waals surface area contributed by atoms with Crippen molar-refractivity contribution in [3.63, 3.8) is 0 Å². The van der Waals surface area contributed by atoms with Gasteiger partial charge in [0.1, 0.15) is 0 Å². The molecule has 2 N–H and O–H groups in total. The molecule has 1 amide bonds. The maximum Gasteiger partial charge on any atom is 0.224 e. The van der Waals surface area contributed by atoms with Crippen LogP contribution < -0.4 is 5.73 Å². The quantitative estimate of drug-likeness (QED) is 0.750. The second kappa shape index (κ2) is 5.15. The predicted octanol–water partition coefficient (Wildman–Crippen LogP) is 0.278. The van der Waals surface area contributed by atoms with E-state index >= 15 is 0 Å². The van der Waals surface area contributed by atoms with E-state index in [4.69, 9.17) is 5.73 Å². The van der Waals surface area contributed by atoms with E-state index in [1.165, 1.54) is 12.8 Å². The third-order valence-electron chi connectivity index (χ3n) is 3.71. The Bertz CT molecular complexity index is 253. The van der Waals surface area contributed by atoms with Crippen molar-refractivity contribution in [1.29, 1.82) is 0 Å². The fourth-order valence-corrected chi connectivity index (χ4v) is 2.32. The van der Waals surface area contributed by atoms with E-state index in [0.717, 1.165) is 32.6 Å². The fraction of sp³-hybridized carbons (Fsp3) is 0.917. The van der Waals surface area contributed by atoms with E-state index in [0.29, 0.717) is 12.3 Å². The predicted molar refractivity (Wildman–Crippen MR) is 64.0 cm³/mol. The highest BCUT2D eigenvalue weighted by Gasteiger charge is 2.31. The minimum Gasteiger partial charge on any atom is -0.341 e. The van der Waals surface area contributed by atoms with Gasteiger partial charge >= 0.3 is 0 Å². The Morgan fingerprint density at radius 2 is 2.06 bits per heavy atom. The van der Waals surface area contributed by atoms with Gasteiger partial charge in [-0.05, 0) is 38.8 Å². The molecular formula is C12H23N3O. The largest absolute Gasteiger partial charge is 0.341 e. The summed E-state index contributed by atoms with van der Waals surface area (Å²) in [4.78, 5) is 16.3. The van der Waals surface area contributed by atoms with Crippen molar-refractivity contribution in [2.24, 2.45) is 11.7 Å². The summed E-state index contributed by atoms with van der Waals surface area (Å²) >= 11 is 0. The summed E-state index contributed by atoms with van der Waals surface area (Å²) in [6, 6.07) is 0.105. The zero-order valence-corrected chi connectivity index (χ0v) is 10.2. The summed E-state index contributed by atoms with van der Waals surface area (Å²) in [5.41, 5.74) is 6.00. The molecule has 1 heterocycles. The molecule has 0 aromatic heterocycles. The van der Waals surface area contributed by atoms with Crippen molar-refractivity contribution in [3.05, 3.63) is 0 Å². The van der Waals surface area contributed by atoms with Gasteiger partial charge in [0.15, 0.2) is 0 Å². The van der Waals surface area contributed by atoms with E-state index in [1.54, 1.807) is 0 Å². The monoisotopic (exact) mass is 225 g/mol. The molecule has 0 aromatic carbocycles. The summed E-state index contributed by atoms with van der Waals surface area (Å²) in [6.07, 6.45) is 4.07. The normalized spacial score (nSPS) is 25.2. The fourth-order valence-electron chi connectivity index (χ4n) is 2.32. The molecule has 1 aliphatic carbocycles. The topological polar surface area (TPSA) is 49.6 Å². The minimum atomic E-state index is 0.105. The molecule has 1 aliphatic heterocycles. The van der Waals surface area contributed by atoms with E-state index < -0.39 is 0 Å². The number of rotatable bonds is 3. The number of nitrogens with two attached hydrogens (primary N) is 1. The van der Waals surface area contributed by atoms with E-state index in [-0.39, 0.29) is 11.9 Å². The summed E-state index contributed by atoms with van der Waals surface area (Å²) in [6.45, 7) is 3.86. The Balaban J connectivity index is 1.78. The lowest BCUT2D eigenvalue weighted by Gasteiger charge is -2.22. The average molecular weight is 225 g/mol. The second-order valence-electron chi connectivity index (χ2n) is 5.24. The lowest BCUT2D eigenvalue weighted by molar-refractivity contribution is -0.131. The Labute approximate surface area is 97.8 Å². The molecule has 1 atom stereocenters. The number of carbonyl (C=O) groups excluding carboxylic acids is 1. The van der Waals surface area contributed by atoms with Crippen molar-refractivity contribution >= 4 is 5.91 Å². The van der Waals surface area contributed by atoms with Gasteiger partial charge in [0, 0.05) is 32.1 Å². The Morgan fingerprint density at radius 3 is 2.75 bits per heavy atom. The molecule has 92 valence electrons. The smallest absolute Gasteiger partial charge is 0.224 e. The van der Waals surface area contributed by atoms with Crippen LogP contribution in [0.3, 0.4) is 0 Å². The SMILES string of the molecule is CN1CCCN(C(=O)CC(N)C2CC2)CC1. The van der Waals surface area contributed by atoms with Crippen molar-refractivity contribution < 1.29 is 4.79 Å². The molecule has 2 fully saturated rings. The molecule has 0 spiro atoms. The number of hydrogen-bond acceptors (Lipinski definition) is 3. The van der Waals surface area contributed by atoms with Crippen molar-refractivity contribution in [2.45, 2.75) is 31.7 Å². The summed E-state index contributed by atoms with van der Waals surface area (Å²) in [5, 5.41) is 0. The lowest BCUT2D eigenvalue weighted by Crippen LogP contribution is -2.38. The maximum absolute atomic E-state index is 12.0. The van der Waals surface area contributed by atoms with Crippen LogP contribution in [0.4, 0.5) is 0 Å². The first-order valence-electron chi connectivity index (χ1n) is 6.38. The first-order chi connectivity index (χ1) is 7.66. The standard InChI is InChI=1S/C12H23N3O/c1-14-5-2-6-15(8-7-14)12(16)9-11(13)10-3-4-10/h10-11H,2-9,13H2,1H3. The van der Waals surface area contributed by atoms with Crippen LogP contribution in [-0.2, 0) is 4.79 Å². The zero-order valence-electron chi connectivity index (χ0n) is 10.2. The van der Waals surface area contributed by atoms with Crippen LogP contribution in [0.15, 0.2) is 0 Å². The van der Waals surface area contributed by atoms with Crippen LogP contribution in [0.2, 0.25) is 0 Å². The minimum absolute atomic E-state index is 0.105. The molecule has 16 heavy (non-hydrogen) atoms. The van der Waals surface area contributed by atoms with Crippen molar-refractivity contribution in [2.75, 3.05) is 33.2 Å². The van der Waals surface area contributed by atoms with Gasteiger partial charge < -0.3 is 15.5 Å². The molecule has 0 radical (unpaired) electrons. The third kappa shape index (κ3) is 3.19. The number of likely N-dealkylation sites (N-methyl/N-ethyl adjacent to an activating group) is 1. The second-order valence-corrected chi connectivity index (χ2v) is 5.24. The number of nitrogens with zero attached hydrogens (tertiary/aromatic N) is 2. The van der Waals surface area contributed by atoms with Gasteiger partial charge in [0.2, 0.25) is 5.91 Å². The molecule has 0 bridgehead atoms. The van der Waals surface area contributed by atoms with Gasteiger partial charge in [-0.2, -0.15) is 0 Å². The van der Waals surface area contributed by atoms with Crippen molar-refractivity contribution in [1.82, 2.24) is 9.80 Å². The molecule has 2 aliphatic rings. The van der Waals surface area contributed by atoms with Crippen LogP contribution >= 0.6 is 0 Å². The molecule has 2 rings (SSSR count). The lowest BCUT2D eigenvalue weighted by atomic mass is 10.1. The molecule has 4 heteroatoms. The Morgan fingerprint density at radius 1 is 1.31 bits per heavy atom. The molecule has 1 saturated carbocycles. The number of hydrogen-bond donors (Lipinski definition) is 1. The van der Waals surface area contributed by atoms with E-state index in [2.05, 4.69) is 11.9 Å². The number of amides is 1. The van der Waals surface area contributed by atoms with Gasteiger partial charge in [-0.1, -0.05) is 0 Å². The summed E-state index contributed by atoms with van der Waals surface area (Å²) < 4.78 is 0. The van der Waals surface area contributed by atoms with Gasteiger partial charge in [0.25, 0.3) is 0 Å². The van der Waals surface area contributed by atoms with Crippen LogP contribution in [0.1, 0.15) is 25.7 Å². The highest BCUT2D eigenvalue weighted by Crippen LogP contribution is 2.33. The van der Waals surface area contributed by atoms with Crippen LogP contribution in [0, 0.1) is 5.92 Å². The highest BCUT2D eigenvalue weighted by molar-refractivity contribution is 5.77. The first kappa shape index (κ1) is 11.9. The maximum atomic E-state index is 12.0. The van der Waals surface area contributed by atoms with E-state index in [9.17, 15) is 4.79 Å². The number of carbonyl (C=O) groups is 1. The third-order valence-corrected chi connectivity index (χ3v) is 3.71. The summed E-state index contributed by atoms with van der Waals surface area (Å²) in [5.74, 6) is 0.883.